The number of benzene rings is 2. The topological polar surface area (TPSA) is 63.5 Å². The molecule has 1 saturated heterocycles. The number of carbonyl (C=O) groups is 1. The van der Waals surface area contributed by atoms with Crippen LogP contribution in [0.15, 0.2) is 53.4 Å². The van der Waals surface area contributed by atoms with Crippen molar-refractivity contribution in [2.45, 2.75) is 23.9 Å². The number of esters is 1. The molecule has 1 aliphatic rings. The van der Waals surface area contributed by atoms with E-state index in [0.717, 1.165) is 9.87 Å². The first-order valence-corrected chi connectivity index (χ1v) is 8.74. The van der Waals surface area contributed by atoms with E-state index in [-0.39, 0.29) is 4.90 Å². The summed E-state index contributed by atoms with van der Waals surface area (Å²) in [6.45, 7) is 1.85. The summed E-state index contributed by atoms with van der Waals surface area (Å²) >= 11 is 0. The number of sulfonamides is 1. The van der Waals surface area contributed by atoms with Crippen molar-refractivity contribution in [1.82, 2.24) is 4.31 Å². The van der Waals surface area contributed by atoms with Crippen LogP contribution in [0.2, 0.25) is 0 Å². The number of rotatable bonds is 4. The number of aryl methyl sites for hydroxylation is 1. The van der Waals surface area contributed by atoms with Gasteiger partial charge < -0.3 is 4.74 Å². The minimum absolute atomic E-state index is 0.103. The predicted molar refractivity (Wildman–Crippen MR) is 85.1 cm³/mol. The summed E-state index contributed by atoms with van der Waals surface area (Å²) in [4.78, 5) is 12.1. The lowest BCUT2D eigenvalue weighted by atomic mass is 10.1. The maximum atomic E-state index is 13.1. The Hall–Kier alpha value is -2.25. The molecule has 5 nitrogen and oxygen atoms in total. The summed E-state index contributed by atoms with van der Waals surface area (Å²) in [5.74, 6) is -1.07. The van der Waals surface area contributed by atoms with E-state index < -0.39 is 33.9 Å². The Kier molecular flexibility index (Phi) is 4.15. The smallest absolute Gasteiger partial charge is 0.326 e. The maximum Gasteiger partial charge on any atom is 0.326 e. The third-order valence-corrected chi connectivity index (χ3v) is 5.89. The number of methoxy groups -OCH3 is 1. The molecule has 0 saturated carbocycles. The lowest BCUT2D eigenvalue weighted by Gasteiger charge is -2.07. The van der Waals surface area contributed by atoms with Crippen LogP contribution in [-0.4, -0.2) is 31.8 Å². The van der Waals surface area contributed by atoms with Crippen molar-refractivity contribution in [2.24, 2.45) is 0 Å². The summed E-state index contributed by atoms with van der Waals surface area (Å²) in [5.41, 5.74) is 1.47. The summed E-state index contributed by atoms with van der Waals surface area (Å²) in [7, 11) is -2.65. The SMILES string of the molecule is COC(=O)[C@H]1[C@@H](c2ccc(F)cc2)N1S(=O)(=O)c1ccc(C)cc1. The van der Waals surface area contributed by atoms with E-state index >= 15 is 0 Å². The van der Waals surface area contributed by atoms with Crippen LogP contribution in [0.1, 0.15) is 17.2 Å². The molecule has 0 aromatic heterocycles. The highest BCUT2D eigenvalue weighted by Crippen LogP contribution is 2.48. The van der Waals surface area contributed by atoms with E-state index in [1.807, 2.05) is 6.92 Å². The van der Waals surface area contributed by atoms with E-state index in [4.69, 9.17) is 4.74 Å². The summed E-state index contributed by atoms with van der Waals surface area (Å²) in [6.07, 6.45) is 0. The molecule has 0 N–H and O–H groups in total. The van der Waals surface area contributed by atoms with Crippen molar-refractivity contribution >= 4 is 16.0 Å². The molecule has 1 aliphatic heterocycles. The number of carbonyl (C=O) groups excluding carboxylic acids is 1. The molecule has 0 aliphatic carbocycles. The number of hydrogen-bond donors (Lipinski definition) is 0. The van der Waals surface area contributed by atoms with Gasteiger partial charge in [-0.05, 0) is 36.8 Å². The molecular formula is C17H16FNO4S. The van der Waals surface area contributed by atoms with E-state index in [9.17, 15) is 17.6 Å². The average Bonchev–Trinajstić information content (AvgIpc) is 3.31. The Morgan fingerprint density at radius 3 is 2.21 bits per heavy atom. The molecule has 1 fully saturated rings. The fourth-order valence-corrected chi connectivity index (χ4v) is 4.39. The van der Waals surface area contributed by atoms with Gasteiger partial charge in [0.25, 0.3) is 0 Å². The molecule has 24 heavy (non-hydrogen) atoms. The first-order chi connectivity index (χ1) is 11.4. The van der Waals surface area contributed by atoms with Crippen LogP contribution >= 0.6 is 0 Å². The monoisotopic (exact) mass is 349 g/mol. The fourth-order valence-electron chi connectivity index (χ4n) is 2.69. The molecule has 0 amide bonds. The molecule has 3 atom stereocenters. The van der Waals surface area contributed by atoms with E-state index in [2.05, 4.69) is 0 Å². The van der Waals surface area contributed by atoms with Gasteiger partial charge in [0.2, 0.25) is 10.0 Å². The van der Waals surface area contributed by atoms with Crippen LogP contribution in [0.3, 0.4) is 0 Å². The Morgan fingerprint density at radius 2 is 1.67 bits per heavy atom. The van der Waals surface area contributed by atoms with Gasteiger partial charge in [-0.3, -0.25) is 4.79 Å². The highest BCUT2D eigenvalue weighted by Gasteiger charge is 2.61. The molecule has 1 heterocycles. The van der Waals surface area contributed by atoms with Crippen molar-refractivity contribution in [3.8, 4) is 0 Å². The van der Waals surface area contributed by atoms with E-state index in [1.165, 1.54) is 43.5 Å². The third kappa shape index (κ3) is 2.81. The molecule has 0 spiro atoms. The van der Waals surface area contributed by atoms with Gasteiger partial charge in [-0.2, -0.15) is 4.31 Å². The van der Waals surface area contributed by atoms with Crippen LogP contribution in [0.4, 0.5) is 4.39 Å². The second-order valence-electron chi connectivity index (χ2n) is 5.61. The lowest BCUT2D eigenvalue weighted by molar-refractivity contribution is -0.140. The summed E-state index contributed by atoms with van der Waals surface area (Å²) in [6, 6.07) is 10.2. The van der Waals surface area contributed by atoms with Gasteiger partial charge >= 0.3 is 5.97 Å². The predicted octanol–water partition coefficient (Wildman–Crippen LogP) is 2.42. The largest absolute Gasteiger partial charge is 0.468 e. The highest BCUT2D eigenvalue weighted by atomic mass is 32.2. The van der Waals surface area contributed by atoms with Crippen molar-refractivity contribution in [2.75, 3.05) is 7.11 Å². The standard InChI is InChI=1S/C17H16FNO4S/c1-11-3-9-14(10-4-11)24(21,22)19-15(16(19)17(20)23-2)12-5-7-13(18)8-6-12/h3-10,15-16H,1-2H3/t15-,16-,19?/m1/s1. The molecular weight excluding hydrogens is 333 g/mol. The second-order valence-corrected chi connectivity index (χ2v) is 7.46. The Bertz CT molecular complexity index is 862. The van der Waals surface area contributed by atoms with Crippen LogP contribution in [0, 0.1) is 12.7 Å². The Labute approximate surface area is 139 Å². The van der Waals surface area contributed by atoms with Gasteiger partial charge in [-0.15, -0.1) is 0 Å². The zero-order chi connectivity index (χ0) is 17.5. The molecule has 2 aromatic carbocycles. The molecule has 126 valence electrons. The van der Waals surface area contributed by atoms with Crippen LogP contribution in [-0.2, 0) is 19.6 Å². The number of halogens is 1. The van der Waals surface area contributed by atoms with Crippen molar-refractivity contribution < 1.29 is 22.3 Å². The summed E-state index contributed by atoms with van der Waals surface area (Å²) < 4.78 is 44.6. The lowest BCUT2D eigenvalue weighted by Crippen LogP contribution is -2.20. The molecule has 7 heteroatoms. The minimum atomic E-state index is -3.86. The van der Waals surface area contributed by atoms with Gasteiger partial charge in [-0.1, -0.05) is 29.8 Å². The Morgan fingerprint density at radius 1 is 1.08 bits per heavy atom. The first-order valence-electron chi connectivity index (χ1n) is 7.30. The fraction of sp³-hybridized carbons (Fsp3) is 0.235. The second kappa shape index (κ2) is 5.99. The van der Waals surface area contributed by atoms with Crippen molar-refractivity contribution in [3.05, 3.63) is 65.5 Å². The van der Waals surface area contributed by atoms with Crippen molar-refractivity contribution in [1.29, 1.82) is 0 Å². The summed E-state index contributed by atoms with van der Waals surface area (Å²) in [5, 5.41) is 0. The van der Waals surface area contributed by atoms with Gasteiger partial charge in [0.1, 0.15) is 11.9 Å². The van der Waals surface area contributed by atoms with Gasteiger partial charge in [0.05, 0.1) is 18.0 Å². The molecule has 0 radical (unpaired) electrons. The molecule has 0 bridgehead atoms. The maximum absolute atomic E-state index is 13.1. The molecule has 2 aromatic rings. The highest BCUT2D eigenvalue weighted by molar-refractivity contribution is 7.89. The zero-order valence-corrected chi connectivity index (χ0v) is 14.0. The quantitative estimate of drug-likeness (QED) is 0.628. The van der Waals surface area contributed by atoms with Crippen molar-refractivity contribution in [3.63, 3.8) is 0 Å². The van der Waals surface area contributed by atoms with Crippen LogP contribution in [0.25, 0.3) is 0 Å². The normalized spacial score (nSPS) is 22.9. The van der Waals surface area contributed by atoms with Gasteiger partial charge in [0, 0.05) is 0 Å². The minimum Gasteiger partial charge on any atom is -0.468 e. The number of ether oxygens (including phenoxy) is 1. The zero-order valence-electron chi connectivity index (χ0n) is 13.1. The number of nitrogens with zero attached hydrogens (tertiary/aromatic N) is 1. The molecule has 1 unspecified atom stereocenters. The first kappa shape index (κ1) is 16.6. The van der Waals surface area contributed by atoms with Crippen LogP contribution in [0.5, 0.6) is 0 Å². The van der Waals surface area contributed by atoms with E-state index in [1.54, 1.807) is 12.1 Å². The third-order valence-electron chi connectivity index (χ3n) is 4.01. The Balaban J connectivity index is 1.99. The van der Waals surface area contributed by atoms with Gasteiger partial charge in [-0.25, -0.2) is 12.8 Å². The number of hydrogen-bond acceptors (Lipinski definition) is 4. The van der Waals surface area contributed by atoms with E-state index in [0.29, 0.717) is 5.56 Å². The molecule has 3 rings (SSSR count). The van der Waals surface area contributed by atoms with Crippen LogP contribution < -0.4 is 0 Å². The van der Waals surface area contributed by atoms with Gasteiger partial charge in [0.15, 0.2) is 0 Å². The average molecular weight is 349 g/mol.